The second-order valence-electron chi connectivity index (χ2n) is 5.95. The summed E-state index contributed by atoms with van der Waals surface area (Å²) in [7, 11) is 0. The van der Waals surface area contributed by atoms with Crippen LogP contribution in [0.25, 0.3) is 0 Å². The van der Waals surface area contributed by atoms with Crippen molar-refractivity contribution in [3.8, 4) is 0 Å². The lowest BCUT2D eigenvalue weighted by Gasteiger charge is -2.30. The molecule has 24 heavy (non-hydrogen) atoms. The zero-order valence-electron chi connectivity index (χ0n) is 13.6. The van der Waals surface area contributed by atoms with Crippen LogP contribution in [0.5, 0.6) is 0 Å². The molecule has 0 spiro atoms. The van der Waals surface area contributed by atoms with Crippen LogP contribution in [0.3, 0.4) is 0 Å². The van der Waals surface area contributed by atoms with Crippen molar-refractivity contribution in [1.82, 2.24) is 10.1 Å². The Morgan fingerprint density at radius 1 is 1.42 bits per heavy atom. The zero-order valence-corrected chi connectivity index (χ0v) is 13.6. The summed E-state index contributed by atoms with van der Waals surface area (Å²) in [6.45, 7) is 3.81. The van der Waals surface area contributed by atoms with Gasteiger partial charge in [-0.25, -0.2) is 0 Å². The maximum atomic E-state index is 12.6. The van der Waals surface area contributed by atoms with Gasteiger partial charge in [-0.1, -0.05) is 35.5 Å². The molecule has 3 N–H and O–H groups in total. The first kappa shape index (κ1) is 16.2. The van der Waals surface area contributed by atoms with E-state index >= 15 is 0 Å². The first-order valence-corrected chi connectivity index (χ1v) is 8.01. The molecule has 2 heterocycles. The Balaban J connectivity index is 1.57. The van der Waals surface area contributed by atoms with Crippen molar-refractivity contribution in [2.24, 2.45) is 0 Å². The number of anilines is 1. The van der Waals surface area contributed by atoms with Gasteiger partial charge in [-0.05, 0) is 12.5 Å². The third kappa shape index (κ3) is 3.99. The van der Waals surface area contributed by atoms with Crippen molar-refractivity contribution in [2.75, 3.05) is 18.4 Å². The summed E-state index contributed by atoms with van der Waals surface area (Å²) in [5.74, 6) is 0.762. The molecule has 126 valence electrons. The van der Waals surface area contributed by atoms with Gasteiger partial charge in [0.2, 0.25) is 5.91 Å². The summed E-state index contributed by atoms with van der Waals surface area (Å²) in [5, 5.41) is 8.31. The number of aromatic nitrogens is 1. The quantitative estimate of drug-likeness (QED) is 0.824. The van der Waals surface area contributed by atoms with E-state index in [1.807, 2.05) is 40.5 Å². The SMILES string of the molecule is Cc1cc(NC(=O)C[C@@H]2[NH2+]CCN(Cc3ccccc3)C2=O)no1. The maximum absolute atomic E-state index is 12.6. The summed E-state index contributed by atoms with van der Waals surface area (Å²) in [4.78, 5) is 26.5. The Morgan fingerprint density at radius 3 is 2.92 bits per heavy atom. The fourth-order valence-corrected chi connectivity index (χ4v) is 2.83. The molecule has 3 rings (SSSR count). The molecule has 0 radical (unpaired) electrons. The lowest BCUT2D eigenvalue weighted by Crippen LogP contribution is -2.96. The molecule has 0 saturated carbocycles. The highest BCUT2D eigenvalue weighted by Gasteiger charge is 2.33. The summed E-state index contributed by atoms with van der Waals surface area (Å²) < 4.78 is 4.91. The minimum absolute atomic E-state index is 0.00316. The first-order valence-electron chi connectivity index (χ1n) is 8.01. The number of nitrogens with one attached hydrogen (secondary N) is 1. The Kier molecular flexibility index (Phi) is 4.90. The zero-order chi connectivity index (χ0) is 16.9. The van der Waals surface area contributed by atoms with Gasteiger partial charge in [-0.2, -0.15) is 0 Å². The van der Waals surface area contributed by atoms with Crippen molar-refractivity contribution in [1.29, 1.82) is 0 Å². The predicted molar refractivity (Wildman–Crippen MR) is 86.9 cm³/mol. The van der Waals surface area contributed by atoms with Crippen molar-refractivity contribution in [3.05, 3.63) is 47.7 Å². The van der Waals surface area contributed by atoms with E-state index in [-0.39, 0.29) is 18.2 Å². The summed E-state index contributed by atoms with van der Waals surface area (Å²) in [5.41, 5.74) is 1.09. The van der Waals surface area contributed by atoms with Gasteiger partial charge in [0.1, 0.15) is 5.76 Å². The molecule has 1 aromatic heterocycles. The summed E-state index contributed by atoms with van der Waals surface area (Å²) in [6.07, 6.45) is 0.121. The second-order valence-corrected chi connectivity index (χ2v) is 5.95. The van der Waals surface area contributed by atoms with Crippen molar-refractivity contribution in [2.45, 2.75) is 25.9 Å². The average Bonchev–Trinajstić information content (AvgIpc) is 2.97. The molecule has 7 nitrogen and oxygen atoms in total. The third-order valence-corrected chi connectivity index (χ3v) is 4.00. The number of hydrogen-bond donors (Lipinski definition) is 2. The molecule has 1 aliphatic heterocycles. The van der Waals surface area contributed by atoms with Gasteiger partial charge in [-0.15, -0.1) is 0 Å². The number of amides is 2. The van der Waals surface area contributed by atoms with Gasteiger partial charge in [0.05, 0.1) is 19.5 Å². The Hall–Kier alpha value is -2.67. The highest BCUT2D eigenvalue weighted by molar-refractivity contribution is 5.94. The minimum atomic E-state index is -0.393. The van der Waals surface area contributed by atoms with Crippen LogP contribution in [0.1, 0.15) is 17.7 Å². The first-order chi connectivity index (χ1) is 11.6. The molecule has 0 unspecified atom stereocenters. The molecular formula is C17H21N4O3+. The molecule has 2 aromatic rings. The average molecular weight is 329 g/mol. The second kappa shape index (κ2) is 7.27. The van der Waals surface area contributed by atoms with Gasteiger partial charge < -0.3 is 20.1 Å². The number of rotatable bonds is 5. The summed E-state index contributed by atoms with van der Waals surface area (Å²) >= 11 is 0. The molecule has 2 amide bonds. The van der Waals surface area contributed by atoms with Crippen LogP contribution < -0.4 is 10.6 Å². The molecule has 1 aliphatic rings. The van der Waals surface area contributed by atoms with E-state index in [1.54, 1.807) is 13.0 Å². The van der Waals surface area contributed by atoms with E-state index in [1.165, 1.54) is 0 Å². The number of nitrogens with zero attached hydrogens (tertiary/aromatic N) is 2. The lowest BCUT2D eigenvalue weighted by molar-refractivity contribution is -0.682. The van der Waals surface area contributed by atoms with Crippen LogP contribution in [0.2, 0.25) is 0 Å². The van der Waals surface area contributed by atoms with Crippen LogP contribution in [-0.4, -0.2) is 41.0 Å². The molecule has 0 bridgehead atoms. The number of benzene rings is 1. The van der Waals surface area contributed by atoms with Crippen LogP contribution in [0, 0.1) is 6.92 Å². The normalized spacial score (nSPS) is 17.8. The largest absolute Gasteiger partial charge is 0.360 e. The number of aryl methyl sites for hydroxylation is 1. The number of quaternary nitrogens is 1. The number of carbonyl (C=O) groups is 2. The summed E-state index contributed by atoms with van der Waals surface area (Å²) in [6, 6.07) is 11.1. The monoisotopic (exact) mass is 329 g/mol. The van der Waals surface area contributed by atoms with E-state index < -0.39 is 6.04 Å². The molecule has 0 aliphatic carbocycles. The van der Waals surface area contributed by atoms with Crippen LogP contribution in [-0.2, 0) is 16.1 Å². The third-order valence-electron chi connectivity index (χ3n) is 4.00. The van der Waals surface area contributed by atoms with Crippen molar-refractivity contribution >= 4 is 17.6 Å². The Morgan fingerprint density at radius 2 is 2.21 bits per heavy atom. The van der Waals surface area contributed by atoms with E-state index in [4.69, 9.17) is 4.52 Å². The smallest absolute Gasteiger partial charge is 0.281 e. The van der Waals surface area contributed by atoms with Gasteiger partial charge in [-0.3, -0.25) is 9.59 Å². The fraction of sp³-hybridized carbons (Fsp3) is 0.353. The van der Waals surface area contributed by atoms with Crippen molar-refractivity contribution in [3.63, 3.8) is 0 Å². The van der Waals surface area contributed by atoms with E-state index in [2.05, 4.69) is 10.5 Å². The van der Waals surface area contributed by atoms with Gasteiger partial charge in [0.25, 0.3) is 5.91 Å². The maximum Gasteiger partial charge on any atom is 0.281 e. The number of hydrogen-bond acceptors (Lipinski definition) is 4. The minimum Gasteiger partial charge on any atom is -0.360 e. The lowest BCUT2D eigenvalue weighted by atomic mass is 10.1. The van der Waals surface area contributed by atoms with E-state index in [9.17, 15) is 9.59 Å². The standard InChI is InChI=1S/C17H20N4O3/c1-12-9-15(20-24-12)19-16(22)10-14-17(23)21(8-7-18-14)11-13-5-3-2-4-6-13/h2-6,9,14,18H,7-8,10-11H2,1H3,(H,19,20,22)/p+1/t14-/m0/s1. The van der Waals surface area contributed by atoms with Gasteiger partial charge in [0, 0.05) is 12.6 Å². The number of piperazine rings is 1. The molecule has 1 atom stereocenters. The Bertz CT molecular complexity index is 714. The highest BCUT2D eigenvalue weighted by Crippen LogP contribution is 2.10. The van der Waals surface area contributed by atoms with Crippen LogP contribution in [0.15, 0.2) is 40.9 Å². The molecular weight excluding hydrogens is 308 g/mol. The van der Waals surface area contributed by atoms with Crippen LogP contribution >= 0.6 is 0 Å². The van der Waals surface area contributed by atoms with E-state index in [0.29, 0.717) is 24.7 Å². The topological polar surface area (TPSA) is 92.1 Å². The van der Waals surface area contributed by atoms with E-state index in [0.717, 1.165) is 12.1 Å². The fourth-order valence-electron chi connectivity index (χ4n) is 2.83. The molecule has 1 saturated heterocycles. The molecule has 1 aromatic carbocycles. The predicted octanol–water partition coefficient (Wildman–Crippen LogP) is 0.286. The highest BCUT2D eigenvalue weighted by atomic mass is 16.5. The number of carbonyl (C=O) groups excluding carboxylic acids is 2. The van der Waals surface area contributed by atoms with Crippen molar-refractivity contribution < 1.29 is 19.4 Å². The molecule has 7 heteroatoms. The number of nitrogens with two attached hydrogens (primary N) is 1. The van der Waals surface area contributed by atoms with Crippen LogP contribution in [0.4, 0.5) is 5.82 Å². The molecule has 1 fully saturated rings. The Labute approximate surface area is 140 Å². The van der Waals surface area contributed by atoms with Gasteiger partial charge in [0.15, 0.2) is 11.9 Å². The van der Waals surface area contributed by atoms with Gasteiger partial charge >= 0.3 is 0 Å².